The Labute approximate surface area is 142 Å². The average molecular weight is 352 g/mol. The molecule has 1 aromatic heterocycles. The number of benzene rings is 1. The van der Waals surface area contributed by atoms with E-state index >= 15 is 0 Å². The standard InChI is InChI=1S/C16H17FN2O4S/c1-9-4-5-11(6-12(9)17)18-15(20)10(2)23-16(21)13-8-24-14(19-13)7-22-3/h4-6,8,10H,7H2,1-3H3,(H,18,20). The fourth-order valence-electron chi connectivity index (χ4n) is 1.78. The summed E-state index contributed by atoms with van der Waals surface area (Å²) in [7, 11) is 1.53. The van der Waals surface area contributed by atoms with Crippen molar-refractivity contribution >= 4 is 28.9 Å². The van der Waals surface area contributed by atoms with Crippen LogP contribution in [0.3, 0.4) is 0 Å². The van der Waals surface area contributed by atoms with Gasteiger partial charge >= 0.3 is 5.97 Å². The number of carbonyl (C=O) groups excluding carboxylic acids is 2. The molecule has 1 aromatic carbocycles. The van der Waals surface area contributed by atoms with E-state index in [4.69, 9.17) is 9.47 Å². The molecule has 1 N–H and O–H groups in total. The van der Waals surface area contributed by atoms with Crippen molar-refractivity contribution in [2.45, 2.75) is 26.6 Å². The van der Waals surface area contributed by atoms with Gasteiger partial charge < -0.3 is 14.8 Å². The number of halogens is 1. The van der Waals surface area contributed by atoms with Gasteiger partial charge in [-0.1, -0.05) is 6.07 Å². The zero-order valence-electron chi connectivity index (χ0n) is 13.5. The Bertz CT molecular complexity index is 747. The monoisotopic (exact) mass is 352 g/mol. The first-order valence-electron chi connectivity index (χ1n) is 7.12. The lowest BCUT2D eigenvalue weighted by atomic mass is 10.2. The second-order valence-corrected chi connectivity index (χ2v) is 6.00. The highest BCUT2D eigenvalue weighted by molar-refractivity contribution is 7.09. The summed E-state index contributed by atoms with van der Waals surface area (Å²) in [5.41, 5.74) is 0.887. The molecule has 0 saturated heterocycles. The van der Waals surface area contributed by atoms with Gasteiger partial charge in [0.05, 0.1) is 6.61 Å². The molecule has 1 amide bonds. The average Bonchev–Trinajstić information content (AvgIpc) is 3.00. The first-order chi connectivity index (χ1) is 11.4. The fourth-order valence-corrected chi connectivity index (χ4v) is 2.52. The largest absolute Gasteiger partial charge is 0.448 e. The van der Waals surface area contributed by atoms with Crippen molar-refractivity contribution in [2.24, 2.45) is 0 Å². The van der Waals surface area contributed by atoms with Gasteiger partial charge in [0.25, 0.3) is 5.91 Å². The maximum Gasteiger partial charge on any atom is 0.358 e. The number of ether oxygens (including phenoxy) is 2. The van der Waals surface area contributed by atoms with Gasteiger partial charge in [-0.05, 0) is 31.5 Å². The van der Waals surface area contributed by atoms with Gasteiger partial charge in [0.1, 0.15) is 10.8 Å². The maximum atomic E-state index is 13.5. The lowest BCUT2D eigenvalue weighted by Gasteiger charge is -2.13. The molecule has 0 spiro atoms. The molecule has 0 aliphatic rings. The molecular formula is C16H17FN2O4S. The summed E-state index contributed by atoms with van der Waals surface area (Å²) in [6, 6.07) is 4.33. The van der Waals surface area contributed by atoms with E-state index in [0.717, 1.165) is 0 Å². The molecule has 128 valence electrons. The van der Waals surface area contributed by atoms with Crippen LogP contribution in [0.15, 0.2) is 23.6 Å². The minimum atomic E-state index is -1.05. The fraction of sp³-hybridized carbons (Fsp3) is 0.312. The minimum absolute atomic E-state index is 0.119. The Balaban J connectivity index is 1.94. The van der Waals surface area contributed by atoms with E-state index in [1.807, 2.05) is 0 Å². The number of rotatable bonds is 6. The normalized spacial score (nSPS) is 11.8. The second kappa shape index (κ2) is 7.98. The van der Waals surface area contributed by atoms with Crippen LogP contribution in [0, 0.1) is 12.7 Å². The number of nitrogens with one attached hydrogen (secondary N) is 1. The Morgan fingerprint density at radius 1 is 1.42 bits per heavy atom. The number of thiazole rings is 1. The van der Waals surface area contributed by atoms with E-state index in [2.05, 4.69) is 10.3 Å². The van der Waals surface area contributed by atoms with Crippen LogP contribution in [-0.4, -0.2) is 30.1 Å². The summed E-state index contributed by atoms with van der Waals surface area (Å²) in [4.78, 5) is 28.1. The number of anilines is 1. The molecule has 0 bridgehead atoms. The van der Waals surface area contributed by atoms with Gasteiger partial charge in [-0.3, -0.25) is 4.79 Å². The van der Waals surface area contributed by atoms with Gasteiger partial charge in [-0.15, -0.1) is 11.3 Å². The van der Waals surface area contributed by atoms with Gasteiger partial charge in [-0.2, -0.15) is 0 Å². The number of hydrogen-bond donors (Lipinski definition) is 1. The van der Waals surface area contributed by atoms with E-state index < -0.39 is 23.8 Å². The molecule has 1 unspecified atom stereocenters. The third kappa shape index (κ3) is 4.59. The summed E-state index contributed by atoms with van der Waals surface area (Å²) in [5, 5.41) is 4.67. The molecule has 0 saturated carbocycles. The van der Waals surface area contributed by atoms with Crippen LogP contribution in [0.4, 0.5) is 10.1 Å². The van der Waals surface area contributed by atoms with Crippen molar-refractivity contribution in [2.75, 3.05) is 12.4 Å². The van der Waals surface area contributed by atoms with Crippen LogP contribution in [0.25, 0.3) is 0 Å². The molecule has 0 fully saturated rings. The maximum absolute atomic E-state index is 13.5. The third-order valence-corrected chi connectivity index (χ3v) is 3.94. The van der Waals surface area contributed by atoms with E-state index in [1.54, 1.807) is 19.1 Å². The summed E-state index contributed by atoms with van der Waals surface area (Å²) in [5.74, 6) is -1.68. The van der Waals surface area contributed by atoms with E-state index in [9.17, 15) is 14.0 Å². The van der Waals surface area contributed by atoms with Crippen LogP contribution in [-0.2, 0) is 20.9 Å². The van der Waals surface area contributed by atoms with Crippen molar-refractivity contribution in [1.82, 2.24) is 4.98 Å². The zero-order valence-corrected chi connectivity index (χ0v) is 14.3. The highest BCUT2D eigenvalue weighted by Crippen LogP contribution is 2.15. The molecular weight excluding hydrogens is 335 g/mol. The molecule has 2 rings (SSSR count). The van der Waals surface area contributed by atoms with Gasteiger partial charge in [0.15, 0.2) is 11.8 Å². The number of esters is 1. The summed E-state index contributed by atoms with van der Waals surface area (Å²) < 4.78 is 23.5. The zero-order chi connectivity index (χ0) is 17.7. The van der Waals surface area contributed by atoms with Crippen LogP contribution in [0.2, 0.25) is 0 Å². The van der Waals surface area contributed by atoms with Crippen LogP contribution < -0.4 is 5.32 Å². The molecule has 1 heterocycles. The van der Waals surface area contributed by atoms with Crippen molar-refractivity contribution in [3.05, 3.63) is 45.7 Å². The van der Waals surface area contributed by atoms with Crippen LogP contribution in [0.5, 0.6) is 0 Å². The number of amides is 1. The first kappa shape index (κ1) is 18.0. The van der Waals surface area contributed by atoms with Crippen molar-refractivity contribution in [3.63, 3.8) is 0 Å². The number of aryl methyl sites for hydroxylation is 1. The molecule has 24 heavy (non-hydrogen) atoms. The predicted molar refractivity (Wildman–Crippen MR) is 87.5 cm³/mol. The van der Waals surface area contributed by atoms with E-state index in [-0.39, 0.29) is 5.69 Å². The van der Waals surface area contributed by atoms with E-state index in [1.165, 1.54) is 36.8 Å². The molecule has 8 heteroatoms. The molecule has 1 atom stereocenters. The topological polar surface area (TPSA) is 77.5 Å². The second-order valence-electron chi connectivity index (χ2n) is 5.06. The first-order valence-corrected chi connectivity index (χ1v) is 8.00. The summed E-state index contributed by atoms with van der Waals surface area (Å²) >= 11 is 1.26. The lowest BCUT2D eigenvalue weighted by Crippen LogP contribution is -2.30. The lowest BCUT2D eigenvalue weighted by molar-refractivity contribution is -0.123. The number of aromatic nitrogens is 1. The highest BCUT2D eigenvalue weighted by Gasteiger charge is 2.21. The number of methoxy groups -OCH3 is 1. The molecule has 2 aromatic rings. The smallest absolute Gasteiger partial charge is 0.358 e. The van der Waals surface area contributed by atoms with Gasteiger partial charge in [0.2, 0.25) is 0 Å². The Morgan fingerprint density at radius 2 is 2.17 bits per heavy atom. The van der Waals surface area contributed by atoms with Crippen molar-refractivity contribution in [1.29, 1.82) is 0 Å². The molecule has 0 aliphatic carbocycles. The Kier molecular flexibility index (Phi) is 5.99. The Hall–Kier alpha value is -2.32. The summed E-state index contributed by atoms with van der Waals surface area (Å²) in [6.45, 7) is 3.35. The molecule has 6 nitrogen and oxygen atoms in total. The van der Waals surface area contributed by atoms with Crippen LogP contribution >= 0.6 is 11.3 Å². The highest BCUT2D eigenvalue weighted by atomic mass is 32.1. The third-order valence-electron chi connectivity index (χ3n) is 3.12. The van der Waals surface area contributed by atoms with Gasteiger partial charge in [0, 0.05) is 18.2 Å². The number of nitrogens with zero attached hydrogens (tertiary/aromatic N) is 1. The van der Waals surface area contributed by atoms with Crippen molar-refractivity contribution in [3.8, 4) is 0 Å². The SMILES string of the molecule is COCc1nc(C(=O)OC(C)C(=O)Nc2ccc(C)c(F)c2)cs1. The Morgan fingerprint density at radius 3 is 2.83 bits per heavy atom. The minimum Gasteiger partial charge on any atom is -0.448 e. The quantitative estimate of drug-likeness (QED) is 0.809. The predicted octanol–water partition coefficient (Wildman–Crippen LogP) is 2.92. The van der Waals surface area contributed by atoms with Gasteiger partial charge in [-0.25, -0.2) is 14.2 Å². The number of carbonyl (C=O) groups is 2. The molecule has 0 radical (unpaired) electrons. The molecule has 0 aliphatic heterocycles. The summed E-state index contributed by atoms with van der Waals surface area (Å²) in [6.07, 6.45) is -1.05. The van der Waals surface area contributed by atoms with Crippen LogP contribution in [0.1, 0.15) is 28.0 Å². The van der Waals surface area contributed by atoms with E-state index in [0.29, 0.717) is 22.9 Å². The number of hydrogen-bond acceptors (Lipinski definition) is 6. The van der Waals surface area contributed by atoms with Crippen molar-refractivity contribution < 1.29 is 23.5 Å².